The third kappa shape index (κ3) is 2.54. The van der Waals surface area contributed by atoms with E-state index in [1.807, 2.05) is 12.1 Å². The number of rotatable bonds is 3. The standard InChI is InChI=1S/C17H19FN2/c18-17-10-16(7-6-14(17)11-19)20-9-8-15(12-20)13-4-2-1-3-5-13/h1-7,10,15H,8-9,11-12,19H2. The number of hydrogen-bond donors (Lipinski definition) is 1. The number of halogens is 1. The van der Waals surface area contributed by atoms with Gasteiger partial charge in [-0.15, -0.1) is 0 Å². The van der Waals surface area contributed by atoms with Gasteiger partial charge in [0.15, 0.2) is 0 Å². The molecule has 0 amide bonds. The Bertz CT molecular complexity index is 583. The van der Waals surface area contributed by atoms with Crippen LogP contribution >= 0.6 is 0 Å². The van der Waals surface area contributed by atoms with E-state index in [0.29, 0.717) is 11.5 Å². The zero-order valence-corrected chi connectivity index (χ0v) is 11.4. The van der Waals surface area contributed by atoms with Gasteiger partial charge in [-0.3, -0.25) is 0 Å². The van der Waals surface area contributed by atoms with E-state index in [1.165, 1.54) is 5.56 Å². The lowest BCUT2D eigenvalue weighted by Crippen LogP contribution is -2.19. The van der Waals surface area contributed by atoms with Crippen LogP contribution < -0.4 is 10.6 Å². The number of benzene rings is 2. The lowest BCUT2D eigenvalue weighted by atomic mass is 9.99. The quantitative estimate of drug-likeness (QED) is 0.927. The van der Waals surface area contributed by atoms with Gasteiger partial charge in [0.25, 0.3) is 0 Å². The van der Waals surface area contributed by atoms with Crippen molar-refractivity contribution in [2.24, 2.45) is 5.73 Å². The normalized spacial score (nSPS) is 18.5. The lowest BCUT2D eigenvalue weighted by Gasteiger charge is -2.19. The molecule has 0 bridgehead atoms. The Morgan fingerprint density at radius 2 is 1.95 bits per heavy atom. The topological polar surface area (TPSA) is 29.3 Å². The lowest BCUT2D eigenvalue weighted by molar-refractivity contribution is 0.610. The maximum Gasteiger partial charge on any atom is 0.129 e. The summed E-state index contributed by atoms with van der Waals surface area (Å²) >= 11 is 0. The van der Waals surface area contributed by atoms with E-state index in [2.05, 4.69) is 29.2 Å². The van der Waals surface area contributed by atoms with Crippen molar-refractivity contribution in [3.05, 3.63) is 65.5 Å². The molecule has 1 aliphatic rings. The van der Waals surface area contributed by atoms with Gasteiger partial charge < -0.3 is 10.6 Å². The molecule has 0 saturated carbocycles. The molecule has 2 aromatic rings. The molecule has 0 aromatic heterocycles. The summed E-state index contributed by atoms with van der Waals surface area (Å²) in [6, 6.07) is 15.9. The molecule has 1 aliphatic heterocycles. The maximum absolute atomic E-state index is 13.8. The molecule has 3 rings (SSSR count). The molecule has 3 heteroatoms. The Labute approximate surface area is 119 Å². The monoisotopic (exact) mass is 270 g/mol. The molecule has 1 saturated heterocycles. The highest BCUT2D eigenvalue weighted by molar-refractivity contribution is 5.50. The summed E-state index contributed by atoms with van der Waals surface area (Å²) < 4.78 is 13.8. The number of nitrogens with zero attached hydrogens (tertiary/aromatic N) is 1. The summed E-state index contributed by atoms with van der Waals surface area (Å²) in [4.78, 5) is 2.25. The third-order valence-corrected chi connectivity index (χ3v) is 4.08. The van der Waals surface area contributed by atoms with Crippen molar-refractivity contribution in [1.29, 1.82) is 0 Å². The minimum absolute atomic E-state index is 0.201. The van der Waals surface area contributed by atoms with E-state index in [9.17, 15) is 4.39 Å². The Morgan fingerprint density at radius 3 is 2.65 bits per heavy atom. The van der Waals surface area contributed by atoms with Crippen molar-refractivity contribution in [2.45, 2.75) is 18.9 Å². The highest BCUT2D eigenvalue weighted by Crippen LogP contribution is 2.31. The highest BCUT2D eigenvalue weighted by Gasteiger charge is 2.24. The van der Waals surface area contributed by atoms with Gasteiger partial charge >= 0.3 is 0 Å². The van der Waals surface area contributed by atoms with Crippen LogP contribution in [0, 0.1) is 5.82 Å². The highest BCUT2D eigenvalue weighted by atomic mass is 19.1. The molecule has 2 N–H and O–H groups in total. The first-order chi connectivity index (χ1) is 9.78. The summed E-state index contributed by atoms with van der Waals surface area (Å²) in [6.07, 6.45) is 1.12. The predicted octanol–water partition coefficient (Wildman–Crippen LogP) is 3.28. The van der Waals surface area contributed by atoms with Crippen molar-refractivity contribution in [3.63, 3.8) is 0 Å². The minimum Gasteiger partial charge on any atom is -0.371 e. The average Bonchev–Trinajstić information content (AvgIpc) is 2.98. The molecule has 1 unspecified atom stereocenters. The van der Waals surface area contributed by atoms with Crippen LogP contribution in [0.2, 0.25) is 0 Å². The van der Waals surface area contributed by atoms with Crippen molar-refractivity contribution < 1.29 is 4.39 Å². The first-order valence-corrected chi connectivity index (χ1v) is 7.06. The molecule has 0 radical (unpaired) electrons. The van der Waals surface area contributed by atoms with Gasteiger partial charge in [0, 0.05) is 36.8 Å². The summed E-state index contributed by atoms with van der Waals surface area (Å²) in [5, 5.41) is 0. The zero-order valence-electron chi connectivity index (χ0n) is 11.4. The van der Waals surface area contributed by atoms with Crippen molar-refractivity contribution >= 4 is 5.69 Å². The first kappa shape index (κ1) is 13.1. The minimum atomic E-state index is -0.201. The fourth-order valence-corrected chi connectivity index (χ4v) is 2.89. The molecule has 1 fully saturated rings. The third-order valence-electron chi connectivity index (χ3n) is 4.08. The van der Waals surface area contributed by atoms with Gasteiger partial charge in [-0.1, -0.05) is 36.4 Å². The molecule has 2 nitrogen and oxygen atoms in total. The molecular weight excluding hydrogens is 251 g/mol. The molecule has 0 spiro atoms. The Balaban J connectivity index is 1.76. The van der Waals surface area contributed by atoms with Crippen LogP contribution in [0.5, 0.6) is 0 Å². The van der Waals surface area contributed by atoms with Crippen molar-refractivity contribution in [3.8, 4) is 0 Å². The Morgan fingerprint density at radius 1 is 1.15 bits per heavy atom. The van der Waals surface area contributed by atoms with Crippen LogP contribution in [-0.4, -0.2) is 13.1 Å². The van der Waals surface area contributed by atoms with Crippen molar-refractivity contribution in [1.82, 2.24) is 0 Å². The second kappa shape index (κ2) is 5.63. The molecule has 104 valence electrons. The van der Waals surface area contributed by atoms with E-state index in [4.69, 9.17) is 5.73 Å². The molecule has 1 heterocycles. The number of anilines is 1. The van der Waals surface area contributed by atoms with E-state index in [-0.39, 0.29) is 12.4 Å². The second-order valence-electron chi connectivity index (χ2n) is 5.32. The number of hydrogen-bond acceptors (Lipinski definition) is 2. The second-order valence-corrected chi connectivity index (χ2v) is 5.32. The fraction of sp³-hybridized carbons (Fsp3) is 0.294. The maximum atomic E-state index is 13.8. The fourth-order valence-electron chi connectivity index (χ4n) is 2.89. The van der Waals surface area contributed by atoms with Crippen LogP contribution in [0.1, 0.15) is 23.5 Å². The Hall–Kier alpha value is -1.87. The first-order valence-electron chi connectivity index (χ1n) is 7.06. The molecule has 0 aliphatic carbocycles. The van der Waals surface area contributed by atoms with Gasteiger partial charge in [-0.05, 0) is 24.1 Å². The van der Waals surface area contributed by atoms with E-state index >= 15 is 0 Å². The average molecular weight is 270 g/mol. The molecule has 1 atom stereocenters. The van der Waals surface area contributed by atoms with Crippen LogP contribution in [0.4, 0.5) is 10.1 Å². The molecule has 20 heavy (non-hydrogen) atoms. The summed E-state index contributed by atoms with van der Waals surface area (Å²) in [5.74, 6) is 0.335. The number of nitrogens with two attached hydrogens (primary N) is 1. The summed E-state index contributed by atoms with van der Waals surface area (Å²) in [6.45, 7) is 2.17. The predicted molar refractivity (Wildman–Crippen MR) is 80.3 cm³/mol. The van der Waals surface area contributed by atoms with Gasteiger partial charge in [-0.2, -0.15) is 0 Å². The van der Waals surface area contributed by atoms with Gasteiger partial charge in [0.05, 0.1) is 0 Å². The van der Waals surface area contributed by atoms with E-state index in [0.717, 1.165) is 25.2 Å². The van der Waals surface area contributed by atoms with Crippen LogP contribution in [0.15, 0.2) is 48.5 Å². The summed E-state index contributed by atoms with van der Waals surface area (Å²) in [5.41, 5.74) is 8.40. The van der Waals surface area contributed by atoms with E-state index in [1.54, 1.807) is 12.1 Å². The van der Waals surface area contributed by atoms with Gasteiger partial charge in [-0.25, -0.2) is 4.39 Å². The van der Waals surface area contributed by atoms with Crippen LogP contribution in [0.25, 0.3) is 0 Å². The smallest absolute Gasteiger partial charge is 0.129 e. The largest absolute Gasteiger partial charge is 0.371 e. The molecular formula is C17H19FN2. The van der Waals surface area contributed by atoms with Crippen molar-refractivity contribution in [2.75, 3.05) is 18.0 Å². The van der Waals surface area contributed by atoms with Crippen LogP contribution in [0.3, 0.4) is 0 Å². The summed E-state index contributed by atoms with van der Waals surface area (Å²) in [7, 11) is 0. The zero-order chi connectivity index (χ0) is 13.9. The van der Waals surface area contributed by atoms with E-state index < -0.39 is 0 Å². The molecule has 2 aromatic carbocycles. The Kier molecular flexibility index (Phi) is 3.70. The van der Waals surface area contributed by atoms with Gasteiger partial charge in [0.2, 0.25) is 0 Å². The SMILES string of the molecule is NCc1ccc(N2CCC(c3ccccc3)C2)cc1F. The van der Waals surface area contributed by atoms with Crippen LogP contribution in [-0.2, 0) is 6.54 Å². The van der Waals surface area contributed by atoms with Gasteiger partial charge in [0.1, 0.15) is 5.82 Å².